The smallest absolute Gasteiger partial charge is 0.249 e. The predicted octanol–water partition coefficient (Wildman–Crippen LogP) is 2.60. The third kappa shape index (κ3) is 2.05. The highest BCUT2D eigenvalue weighted by Crippen LogP contribution is 2.35. The zero-order valence-electron chi connectivity index (χ0n) is 9.81. The summed E-state index contributed by atoms with van der Waals surface area (Å²) in [5.74, 6) is -1.12. The van der Waals surface area contributed by atoms with Crippen molar-refractivity contribution < 1.29 is 13.9 Å². The van der Waals surface area contributed by atoms with Gasteiger partial charge in [0.25, 0.3) is 0 Å². The zero-order chi connectivity index (χ0) is 13.1. The van der Waals surface area contributed by atoms with Crippen molar-refractivity contribution >= 4 is 5.91 Å². The van der Waals surface area contributed by atoms with Gasteiger partial charge in [-0.15, -0.1) is 0 Å². The molecule has 0 unspecified atom stereocenters. The number of primary amides is 1. The highest BCUT2D eigenvalue weighted by Gasteiger charge is 2.18. The highest BCUT2D eigenvalue weighted by molar-refractivity contribution is 6.01. The number of halogens is 1. The maximum absolute atomic E-state index is 13.7. The van der Waals surface area contributed by atoms with Crippen LogP contribution in [0.5, 0.6) is 5.75 Å². The number of ether oxygens (including phenoxy) is 1. The largest absolute Gasteiger partial charge is 0.493 e. The summed E-state index contributed by atoms with van der Waals surface area (Å²) in [5.41, 5.74) is 6.61. The van der Waals surface area contributed by atoms with Crippen molar-refractivity contribution in [2.75, 3.05) is 7.11 Å². The molecule has 4 heteroatoms. The second kappa shape index (κ2) is 4.87. The molecule has 2 N–H and O–H groups in total. The molecule has 92 valence electrons. The Bertz CT molecular complexity index is 582. The first kappa shape index (κ1) is 12.1. The molecule has 0 fully saturated rings. The van der Waals surface area contributed by atoms with Gasteiger partial charge in [0.15, 0.2) is 11.6 Å². The van der Waals surface area contributed by atoms with Gasteiger partial charge in [-0.3, -0.25) is 4.79 Å². The summed E-state index contributed by atoms with van der Waals surface area (Å²) in [6.07, 6.45) is 0. The fourth-order valence-electron chi connectivity index (χ4n) is 1.85. The van der Waals surface area contributed by atoms with Crippen LogP contribution in [-0.2, 0) is 0 Å². The van der Waals surface area contributed by atoms with Crippen molar-refractivity contribution in [2.45, 2.75) is 0 Å². The summed E-state index contributed by atoms with van der Waals surface area (Å²) in [5, 5.41) is 0. The Balaban J connectivity index is 2.77. The standard InChI is InChI=1S/C14H12FNO2/c1-18-13-11(15)8-7-10(14(16)17)12(13)9-5-3-2-4-6-9/h2-8H,1H3,(H2,16,17). The molecule has 0 aromatic heterocycles. The minimum absolute atomic E-state index is 0.0255. The Morgan fingerprint density at radius 2 is 1.83 bits per heavy atom. The van der Waals surface area contributed by atoms with Crippen LogP contribution in [0.3, 0.4) is 0 Å². The predicted molar refractivity (Wildman–Crippen MR) is 66.9 cm³/mol. The molecule has 18 heavy (non-hydrogen) atoms. The van der Waals surface area contributed by atoms with E-state index in [0.717, 1.165) is 0 Å². The average Bonchev–Trinajstić information content (AvgIpc) is 2.39. The maximum atomic E-state index is 13.7. The number of benzene rings is 2. The lowest BCUT2D eigenvalue weighted by Crippen LogP contribution is -2.13. The van der Waals surface area contributed by atoms with Crippen LogP contribution in [-0.4, -0.2) is 13.0 Å². The van der Waals surface area contributed by atoms with Crippen LogP contribution in [0.1, 0.15) is 10.4 Å². The van der Waals surface area contributed by atoms with E-state index in [9.17, 15) is 9.18 Å². The van der Waals surface area contributed by atoms with E-state index in [1.54, 1.807) is 24.3 Å². The zero-order valence-corrected chi connectivity index (χ0v) is 9.81. The van der Waals surface area contributed by atoms with Crippen molar-refractivity contribution in [3.05, 3.63) is 53.8 Å². The minimum Gasteiger partial charge on any atom is -0.493 e. The topological polar surface area (TPSA) is 52.3 Å². The Morgan fingerprint density at radius 3 is 2.39 bits per heavy atom. The highest BCUT2D eigenvalue weighted by atomic mass is 19.1. The normalized spacial score (nSPS) is 10.1. The third-order valence-corrected chi connectivity index (χ3v) is 2.64. The van der Waals surface area contributed by atoms with E-state index in [0.29, 0.717) is 11.1 Å². The lowest BCUT2D eigenvalue weighted by Gasteiger charge is -2.13. The van der Waals surface area contributed by atoms with Gasteiger partial charge in [0, 0.05) is 5.56 Å². The summed E-state index contributed by atoms with van der Waals surface area (Å²) >= 11 is 0. The van der Waals surface area contributed by atoms with Crippen LogP contribution in [0.25, 0.3) is 11.1 Å². The van der Waals surface area contributed by atoms with Crippen molar-refractivity contribution in [3.8, 4) is 16.9 Å². The summed E-state index contributed by atoms with van der Waals surface area (Å²) in [7, 11) is 1.36. The minimum atomic E-state index is -0.618. The monoisotopic (exact) mass is 245 g/mol. The molecule has 3 nitrogen and oxygen atoms in total. The van der Waals surface area contributed by atoms with Gasteiger partial charge in [-0.05, 0) is 17.7 Å². The van der Waals surface area contributed by atoms with E-state index in [-0.39, 0.29) is 11.3 Å². The second-order valence-electron chi connectivity index (χ2n) is 3.73. The number of carbonyl (C=O) groups is 1. The van der Waals surface area contributed by atoms with Crippen LogP contribution in [0.4, 0.5) is 4.39 Å². The lowest BCUT2D eigenvalue weighted by atomic mass is 9.98. The number of rotatable bonds is 3. The van der Waals surface area contributed by atoms with Crippen molar-refractivity contribution in [2.24, 2.45) is 5.73 Å². The van der Waals surface area contributed by atoms with Crippen molar-refractivity contribution in [3.63, 3.8) is 0 Å². The van der Waals surface area contributed by atoms with E-state index in [1.165, 1.54) is 19.2 Å². The lowest BCUT2D eigenvalue weighted by molar-refractivity contribution is 0.100. The van der Waals surface area contributed by atoms with E-state index < -0.39 is 11.7 Å². The summed E-state index contributed by atoms with van der Waals surface area (Å²) in [6.45, 7) is 0. The summed E-state index contributed by atoms with van der Waals surface area (Å²) in [6, 6.07) is 11.5. The van der Waals surface area contributed by atoms with Gasteiger partial charge in [-0.1, -0.05) is 30.3 Å². The molecule has 0 saturated carbocycles. The van der Waals surface area contributed by atoms with Gasteiger partial charge in [0.2, 0.25) is 5.91 Å². The van der Waals surface area contributed by atoms with Gasteiger partial charge in [-0.2, -0.15) is 0 Å². The molecule has 0 radical (unpaired) electrons. The molecule has 2 aromatic rings. The number of hydrogen-bond donors (Lipinski definition) is 1. The molecule has 2 rings (SSSR count). The molecule has 0 spiro atoms. The van der Waals surface area contributed by atoms with E-state index >= 15 is 0 Å². The summed E-state index contributed by atoms with van der Waals surface area (Å²) in [4.78, 5) is 11.4. The second-order valence-corrected chi connectivity index (χ2v) is 3.73. The molecule has 0 saturated heterocycles. The van der Waals surface area contributed by atoms with Crippen LogP contribution in [0, 0.1) is 5.82 Å². The Morgan fingerprint density at radius 1 is 1.17 bits per heavy atom. The van der Waals surface area contributed by atoms with Crippen LogP contribution in [0.15, 0.2) is 42.5 Å². The molecule has 0 aliphatic carbocycles. The Kier molecular flexibility index (Phi) is 3.28. The van der Waals surface area contributed by atoms with E-state index in [2.05, 4.69) is 0 Å². The Hall–Kier alpha value is -2.36. The van der Waals surface area contributed by atoms with Crippen molar-refractivity contribution in [1.82, 2.24) is 0 Å². The van der Waals surface area contributed by atoms with Gasteiger partial charge in [-0.25, -0.2) is 4.39 Å². The van der Waals surface area contributed by atoms with E-state index in [4.69, 9.17) is 10.5 Å². The molecular weight excluding hydrogens is 233 g/mol. The van der Waals surface area contributed by atoms with Crippen LogP contribution < -0.4 is 10.5 Å². The fourth-order valence-corrected chi connectivity index (χ4v) is 1.85. The Labute approximate surface area is 104 Å². The molecule has 1 amide bonds. The first-order valence-corrected chi connectivity index (χ1v) is 5.37. The van der Waals surface area contributed by atoms with Gasteiger partial charge >= 0.3 is 0 Å². The number of carbonyl (C=O) groups excluding carboxylic acids is 1. The molecule has 2 aromatic carbocycles. The van der Waals surface area contributed by atoms with Crippen LogP contribution in [0.2, 0.25) is 0 Å². The molecule has 0 heterocycles. The number of amides is 1. The number of methoxy groups -OCH3 is 1. The summed E-state index contributed by atoms with van der Waals surface area (Å²) < 4.78 is 18.7. The van der Waals surface area contributed by atoms with Gasteiger partial charge < -0.3 is 10.5 Å². The molecule has 0 bridgehead atoms. The molecule has 0 atom stereocenters. The molecule has 0 aliphatic rings. The van der Waals surface area contributed by atoms with Gasteiger partial charge in [0.05, 0.1) is 12.7 Å². The van der Waals surface area contributed by atoms with Gasteiger partial charge in [0.1, 0.15) is 0 Å². The quantitative estimate of drug-likeness (QED) is 0.903. The molecular formula is C14H12FNO2. The number of nitrogens with two attached hydrogens (primary N) is 1. The van der Waals surface area contributed by atoms with E-state index in [1.807, 2.05) is 6.07 Å². The molecule has 0 aliphatic heterocycles. The average molecular weight is 245 g/mol. The number of hydrogen-bond acceptors (Lipinski definition) is 2. The first-order chi connectivity index (χ1) is 8.65. The first-order valence-electron chi connectivity index (χ1n) is 5.37. The SMILES string of the molecule is COc1c(F)ccc(C(N)=O)c1-c1ccccc1. The van der Waals surface area contributed by atoms with Crippen LogP contribution >= 0.6 is 0 Å². The maximum Gasteiger partial charge on any atom is 0.249 e. The third-order valence-electron chi connectivity index (χ3n) is 2.64. The fraction of sp³-hybridized carbons (Fsp3) is 0.0714. The van der Waals surface area contributed by atoms with Crippen molar-refractivity contribution in [1.29, 1.82) is 0 Å².